The Morgan fingerprint density at radius 2 is 1.54 bits per heavy atom. The lowest BCUT2D eigenvalue weighted by Gasteiger charge is -2.44. The summed E-state index contributed by atoms with van der Waals surface area (Å²) in [4.78, 5) is 19.6. The molecule has 10 heteroatoms. The van der Waals surface area contributed by atoms with Crippen molar-refractivity contribution in [2.75, 3.05) is 16.2 Å². The van der Waals surface area contributed by atoms with E-state index in [-0.39, 0.29) is 21.0 Å². The average Bonchev–Trinajstić information content (AvgIpc) is 3.56. The standard InChI is InChI=1S/C29H31N3O4S2Si/c1-29(2,3)39(22-12-6-4-7-13-22,23-14-8-5-9-15-23)36-25-18-20-32(27(25)33)24-16-10-11-17-26(24)38(34,35)31-28-30-19-21-37-28/h4-17,19,21,25H,18,20H2,1-3H3,(H,30,31). The summed E-state index contributed by atoms with van der Waals surface area (Å²) >= 11 is 1.19. The summed E-state index contributed by atoms with van der Waals surface area (Å²) in [7, 11) is -6.93. The van der Waals surface area contributed by atoms with Crippen LogP contribution in [0.25, 0.3) is 0 Å². The van der Waals surface area contributed by atoms with Gasteiger partial charge < -0.3 is 9.33 Å². The van der Waals surface area contributed by atoms with Gasteiger partial charge in [-0.2, -0.15) is 0 Å². The Kier molecular flexibility index (Phi) is 7.47. The Balaban J connectivity index is 1.52. The summed E-state index contributed by atoms with van der Waals surface area (Å²) in [5, 5.41) is 3.85. The number of anilines is 2. The molecule has 1 aliphatic heterocycles. The third-order valence-corrected chi connectivity index (χ3v) is 14.2. The molecule has 1 aromatic heterocycles. The highest BCUT2D eigenvalue weighted by Crippen LogP contribution is 2.39. The van der Waals surface area contributed by atoms with Crippen molar-refractivity contribution in [2.45, 2.75) is 43.2 Å². The number of aromatic nitrogens is 1. The van der Waals surface area contributed by atoms with Gasteiger partial charge in [-0.1, -0.05) is 93.6 Å². The van der Waals surface area contributed by atoms with Gasteiger partial charge in [0.05, 0.1) is 5.69 Å². The topological polar surface area (TPSA) is 88.6 Å². The number of hydrogen-bond donors (Lipinski definition) is 1. The van der Waals surface area contributed by atoms with E-state index >= 15 is 0 Å². The molecule has 0 spiro atoms. The number of carbonyl (C=O) groups excluding carboxylic acids is 1. The summed E-state index contributed by atoms with van der Waals surface area (Å²) in [6, 6.07) is 26.9. The fraction of sp³-hybridized carbons (Fsp3) is 0.241. The maximum atomic E-state index is 14.0. The molecule has 1 fully saturated rings. The lowest BCUT2D eigenvalue weighted by Crippen LogP contribution is -2.68. The van der Waals surface area contributed by atoms with Crippen molar-refractivity contribution in [1.29, 1.82) is 0 Å². The van der Waals surface area contributed by atoms with Gasteiger partial charge in [0.25, 0.3) is 24.2 Å². The van der Waals surface area contributed by atoms with E-state index in [1.807, 2.05) is 36.4 Å². The van der Waals surface area contributed by atoms with E-state index < -0.39 is 24.4 Å². The Hall–Kier alpha value is -3.31. The van der Waals surface area contributed by atoms with Crippen LogP contribution in [0.15, 0.2) is 101 Å². The van der Waals surface area contributed by atoms with Gasteiger partial charge in [-0.3, -0.25) is 9.52 Å². The molecule has 3 aromatic carbocycles. The molecule has 2 heterocycles. The van der Waals surface area contributed by atoms with Crippen LogP contribution in [0.5, 0.6) is 0 Å². The van der Waals surface area contributed by atoms with Crippen LogP contribution in [0, 0.1) is 0 Å². The number of sulfonamides is 1. The zero-order valence-corrected chi connectivity index (χ0v) is 24.7. The highest BCUT2D eigenvalue weighted by atomic mass is 32.2. The molecule has 1 amide bonds. The van der Waals surface area contributed by atoms with Crippen LogP contribution >= 0.6 is 11.3 Å². The number of carbonyl (C=O) groups is 1. The van der Waals surface area contributed by atoms with Crippen LogP contribution in [-0.4, -0.2) is 40.3 Å². The van der Waals surface area contributed by atoms with E-state index in [4.69, 9.17) is 4.43 Å². The normalized spacial score (nSPS) is 16.4. The lowest BCUT2D eigenvalue weighted by molar-refractivity contribution is -0.123. The van der Waals surface area contributed by atoms with Gasteiger partial charge in [-0.25, -0.2) is 13.4 Å². The molecule has 39 heavy (non-hydrogen) atoms. The van der Waals surface area contributed by atoms with E-state index in [0.29, 0.717) is 18.7 Å². The first-order valence-corrected chi connectivity index (χ1v) is 17.0. The van der Waals surface area contributed by atoms with Gasteiger partial charge in [0.2, 0.25) is 0 Å². The first-order chi connectivity index (χ1) is 18.6. The van der Waals surface area contributed by atoms with Gasteiger partial charge in [-0.05, 0) is 34.0 Å². The summed E-state index contributed by atoms with van der Waals surface area (Å²) in [5.74, 6) is -0.236. The van der Waals surface area contributed by atoms with E-state index in [9.17, 15) is 13.2 Å². The SMILES string of the molecule is CC(C)(C)[Si](OC1CCN(c2ccccc2S(=O)(=O)Nc2nccs2)C1=O)(c1ccccc1)c1ccccc1. The predicted octanol–water partition coefficient (Wildman–Crippen LogP) is 4.63. The van der Waals surface area contributed by atoms with Crippen molar-refractivity contribution in [2.24, 2.45) is 0 Å². The van der Waals surface area contributed by atoms with Crippen LogP contribution in [-0.2, 0) is 19.2 Å². The fourth-order valence-corrected chi connectivity index (χ4v) is 11.9. The number of rotatable bonds is 8. The largest absolute Gasteiger partial charge is 0.395 e. The van der Waals surface area contributed by atoms with Crippen molar-refractivity contribution in [3.8, 4) is 0 Å². The molecule has 1 saturated heterocycles. The van der Waals surface area contributed by atoms with Crippen LogP contribution in [0.4, 0.5) is 10.8 Å². The number of nitrogens with one attached hydrogen (secondary N) is 1. The molecule has 0 bridgehead atoms. The fourth-order valence-electron chi connectivity index (χ4n) is 5.26. The smallest absolute Gasteiger partial charge is 0.265 e. The monoisotopic (exact) mass is 577 g/mol. The van der Waals surface area contributed by atoms with Crippen molar-refractivity contribution in [3.63, 3.8) is 0 Å². The molecule has 1 aliphatic rings. The summed E-state index contributed by atoms with van der Waals surface area (Å²) in [5.41, 5.74) is 0.333. The molecule has 7 nitrogen and oxygen atoms in total. The highest BCUT2D eigenvalue weighted by molar-refractivity contribution is 7.93. The van der Waals surface area contributed by atoms with E-state index in [1.54, 1.807) is 28.5 Å². The van der Waals surface area contributed by atoms with E-state index in [0.717, 1.165) is 10.4 Å². The second-order valence-electron chi connectivity index (χ2n) is 10.5. The lowest BCUT2D eigenvalue weighted by atomic mass is 10.2. The molecule has 1 unspecified atom stereocenters. The van der Waals surface area contributed by atoms with Crippen LogP contribution in [0.2, 0.25) is 5.04 Å². The summed E-state index contributed by atoms with van der Waals surface area (Å²) in [6.07, 6.45) is 1.28. The van der Waals surface area contributed by atoms with Gasteiger partial charge in [0.1, 0.15) is 11.0 Å². The second kappa shape index (κ2) is 10.7. The van der Waals surface area contributed by atoms with Crippen LogP contribution < -0.4 is 20.0 Å². The van der Waals surface area contributed by atoms with Gasteiger partial charge in [0, 0.05) is 18.1 Å². The molecule has 1 atom stereocenters. The molecule has 0 radical (unpaired) electrons. The maximum absolute atomic E-state index is 14.0. The average molecular weight is 578 g/mol. The summed E-state index contributed by atoms with van der Waals surface area (Å²) in [6.45, 7) is 6.86. The molecule has 4 aromatic rings. The number of thiazole rings is 1. The van der Waals surface area contributed by atoms with Gasteiger partial charge >= 0.3 is 0 Å². The molecular weight excluding hydrogens is 547 g/mol. The number of para-hydroxylation sites is 1. The summed E-state index contributed by atoms with van der Waals surface area (Å²) < 4.78 is 36.2. The van der Waals surface area contributed by atoms with E-state index in [1.165, 1.54) is 23.6 Å². The Labute approximate surface area is 234 Å². The Morgan fingerprint density at radius 3 is 2.10 bits per heavy atom. The molecule has 5 rings (SSSR count). The third kappa shape index (κ3) is 5.17. The minimum Gasteiger partial charge on any atom is -0.395 e. The van der Waals surface area contributed by atoms with E-state index in [2.05, 4.69) is 54.7 Å². The molecular formula is C29H31N3O4S2Si. The Bertz CT molecular complexity index is 1500. The molecule has 202 valence electrons. The maximum Gasteiger partial charge on any atom is 0.265 e. The van der Waals surface area contributed by atoms with Gasteiger partial charge in [-0.15, -0.1) is 11.3 Å². The zero-order chi connectivity index (χ0) is 27.7. The van der Waals surface area contributed by atoms with Crippen molar-refractivity contribution >= 4 is 56.8 Å². The minimum absolute atomic E-state index is 0.0275. The number of nitrogens with zero attached hydrogens (tertiary/aromatic N) is 2. The Morgan fingerprint density at radius 1 is 0.949 bits per heavy atom. The molecule has 0 aliphatic carbocycles. The first-order valence-electron chi connectivity index (χ1n) is 12.7. The van der Waals surface area contributed by atoms with Crippen molar-refractivity contribution in [1.82, 2.24) is 4.98 Å². The number of hydrogen-bond acceptors (Lipinski definition) is 6. The van der Waals surface area contributed by atoms with Crippen molar-refractivity contribution in [3.05, 3.63) is 96.5 Å². The minimum atomic E-state index is -3.96. The van der Waals surface area contributed by atoms with Gasteiger partial charge in [0.15, 0.2) is 5.13 Å². The zero-order valence-electron chi connectivity index (χ0n) is 22.1. The highest BCUT2D eigenvalue weighted by Gasteiger charge is 2.53. The molecule has 1 N–H and O–H groups in total. The van der Waals surface area contributed by atoms with Crippen LogP contribution in [0.1, 0.15) is 27.2 Å². The van der Waals surface area contributed by atoms with Crippen molar-refractivity contribution < 1.29 is 17.6 Å². The second-order valence-corrected chi connectivity index (χ2v) is 17.3. The molecule has 0 saturated carbocycles. The quantitative estimate of drug-likeness (QED) is 0.309. The third-order valence-electron chi connectivity index (χ3n) is 6.99. The first kappa shape index (κ1) is 27.3. The van der Waals surface area contributed by atoms with Crippen LogP contribution in [0.3, 0.4) is 0 Å². The number of benzene rings is 3. The number of amides is 1. The predicted molar refractivity (Wildman–Crippen MR) is 159 cm³/mol.